The van der Waals surface area contributed by atoms with Gasteiger partial charge in [-0.15, -0.1) is 35.9 Å². The number of hydrogen-bond donors (Lipinski definition) is 0. The van der Waals surface area contributed by atoms with Crippen LogP contribution in [0.25, 0.3) is 0 Å². The molecule has 4 aromatic carbocycles. The molecule has 0 heterocycles. The van der Waals surface area contributed by atoms with Crippen molar-refractivity contribution in [2.24, 2.45) is 0 Å². The highest BCUT2D eigenvalue weighted by Crippen LogP contribution is 2.32. The quantitative estimate of drug-likeness (QED) is 0.0543. The number of aryl methyl sites for hydroxylation is 2. The number of carbonyl (C=O) groups is 2. The van der Waals surface area contributed by atoms with Crippen LogP contribution in [-0.4, -0.2) is 41.3 Å². The zero-order valence-corrected chi connectivity index (χ0v) is 41.9. The highest BCUT2D eigenvalue weighted by Gasteiger charge is 2.22. The minimum absolute atomic E-state index is 0. The van der Waals surface area contributed by atoms with E-state index in [1.165, 1.54) is 17.2 Å². The highest BCUT2D eigenvalue weighted by molar-refractivity contribution is 9.10. The van der Waals surface area contributed by atoms with Crippen LogP contribution in [0.15, 0.2) is 99.2 Å². The van der Waals surface area contributed by atoms with Gasteiger partial charge in [0.05, 0.1) is 24.3 Å². The lowest BCUT2D eigenvalue weighted by Gasteiger charge is -2.17. The molecule has 0 saturated heterocycles. The Morgan fingerprint density at radius 2 is 1.08 bits per heavy atom. The Morgan fingerprint density at radius 1 is 0.678 bits per heavy atom. The van der Waals surface area contributed by atoms with Gasteiger partial charge in [0.1, 0.15) is 0 Å². The predicted octanol–water partition coefficient (Wildman–Crippen LogP) is 15.4. The van der Waals surface area contributed by atoms with E-state index in [1.54, 1.807) is 23.5 Å². The first-order valence-corrected chi connectivity index (χ1v) is 29.7. The first kappa shape index (κ1) is 53.6. The average molecular weight is 936 g/mol. The molecule has 4 aromatic rings. The van der Waals surface area contributed by atoms with Crippen LogP contribution in [0.1, 0.15) is 91.4 Å². The maximum Gasteiger partial charge on any atom is 0.338 e. The number of benzene rings is 4. The standard InChI is InChI=1S/C24H30O2SSi.C20H25BrO2SSi.C4H6.2CH4/c1-6-7-11-20-15-14-19(2)23(24(25)26-16-17-28(3,4)5)22(20)18-27-21-12-9-8-10-13-21;1-15-10-11-18(21)17(14-24-16-8-6-5-7-9-16)19(15)20(22)23-12-13-25(2,3)4;1-3-4-2;;/h8-10,12-15H,6,16-18H2,1-5H3;5-11H,12-14H2,1-4H3;1H,4H2,2H3;2*1H4/i;;;1T;. The lowest BCUT2D eigenvalue weighted by molar-refractivity contribution is 0.0513. The third-order valence-electron chi connectivity index (χ3n) is 8.42. The molecule has 0 amide bonds. The molecule has 4 nitrogen and oxygen atoms in total. The minimum Gasteiger partial charge on any atom is -0.462 e. The van der Waals surface area contributed by atoms with Crippen molar-refractivity contribution in [3.63, 3.8) is 0 Å². The number of halogens is 1. The Morgan fingerprint density at radius 3 is 1.49 bits per heavy atom. The Hall–Kier alpha value is -3.45. The Bertz CT molecular complexity index is 1980. The molecular weight excluding hydrogens is 865 g/mol. The molecule has 0 atom stereocenters. The molecule has 0 radical (unpaired) electrons. The first-order valence-electron chi connectivity index (χ1n) is 20.5. The maximum atomic E-state index is 12.9. The van der Waals surface area contributed by atoms with Gasteiger partial charge in [-0.2, -0.15) is 0 Å². The fourth-order valence-electron chi connectivity index (χ4n) is 5.05. The smallest absolute Gasteiger partial charge is 0.338 e. The zero-order valence-electron chi connectivity index (χ0n) is 37.6. The molecule has 0 aliphatic heterocycles. The molecule has 4 rings (SSSR count). The van der Waals surface area contributed by atoms with Crippen LogP contribution in [-0.2, 0) is 21.0 Å². The average Bonchev–Trinajstić information content (AvgIpc) is 3.20. The van der Waals surface area contributed by atoms with Crippen LogP contribution in [0.2, 0.25) is 51.4 Å². The summed E-state index contributed by atoms with van der Waals surface area (Å²) in [6.07, 6.45) is 6.41. The van der Waals surface area contributed by atoms with E-state index >= 15 is 0 Å². The van der Waals surface area contributed by atoms with Crippen molar-refractivity contribution in [3.8, 4) is 24.2 Å². The van der Waals surface area contributed by atoms with Crippen molar-refractivity contribution in [3.05, 3.63) is 128 Å². The van der Waals surface area contributed by atoms with E-state index in [2.05, 4.69) is 97.2 Å². The van der Waals surface area contributed by atoms with E-state index in [4.69, 9.17) is 17.3 Å². The van der Waals surface area contributed by atoms with E-state index in [0.29, 0.717) is 30.1 Å². The van der Waals surface area contributed by atoms with Crippen molar-refractivity contribution in [1.82, 2.24) is 0 Å². The molecule has 0 bridgehead atoms. The second-order valence-corrected chi connectivity index (χ2v) is 30.0. The molecule has 0 aliphatic rings. The molecule has 0 N–H and O–H groups in total. The van der Waals surface area contributed by atoms with Gasteiger partial charge in [-0.1, -0.05) is 144 Å². The lowest BCUT2D eigenvalue weighted by Crippen LogP contribution is -2.23. The number of rotatable bonds is 14. The zero-order chi connectivity index (χ0) is 44.4. The number of ether oxygens (including phenoxy) is 2. The van der Waals surface area contributed by atoms with E-state index in [-0.39, 0.29) is 19.4 Å². The molecule has 0 spiro atoms. The van der Waals surface area contributed by atoms with Crippen LogP contribution in [0.4, 0.5) is 0 Å². The van der Waals surface area contributed by atoms with Crippen molar-refractivity contribution >= 4 is 67.5 Å². The number of hydrogen-bond acceptors (Lipinski definition) is 6. The van der Waals surface area contributed by atoms with E-state index in [1.807, 2.05) is 88.4 Å². The first-order chi connectivity index (χ1) is 28.0. The van der Waals surface area contributed by atoms with E-state index in [0.717, 1.165) is 63.0 Å². The van der Waals surface area contributed by atoms with Gasteiger partial charge in [0.25, 0.3) is 0 Å². The molecule has 0 aromatic heterocycles. The van der Waals surface area contributed by atoms with Crippen molar-refractivity contribution in [2.45, 2.75) is 128 Å². The molecule has 59 heavy (non-hydrogen) atoms. The van der Waals surface area contributed by atoms with Gasteiger partial charge in [-0.25, -0.2) is 9.59 Å². The third kappa shape index (κ3) is 21.6. The summed E-state index contributed by atoms with van der Waals surface area (Å²) in [7, 11) is -1.21. The molecule has 9 heteroatoms. The summed E-state index contributed by atoms with van der Waals surface area (Å²) < 4.78 is 18.0. The summed E-state index contributed by atoms with van der Waals surface area (Å²) in [4.78, 5) is 28.0. The molecular formula is C50H69BrO4S2Si2. The molecule has 320 valence electrons. The van der Waals surface area contributed by atoms with Gasteiger partial charge in [-0.05, 0) is 84.6 Å². The van der Waals surface area contributed by atoms with Gasteiger partial charge in [-0.3, -0.25) is 0 Å². The van der Waals surface area contributed by atoms with Crippen molar-refractivity contribution in [1.29, 1.82) is 0 Å². The van der Waals surface area contributed by atoms with E-state index in [9.17, 15) is 9.59 Å². The summed E-state index contributed by atoms with van der Waals surface area (Å²) in [6.45, 7) is 22.6. The predicted molar refractivity (Wildman–Crippen MR) is 269 cm³/mol. The maximum absolute atomic E-state index is 12.9. The summed E-state index contributed by atoms with van der Waals surface area (Å²) >= 11 is 7.05. The Balaban J connectivity index is 0.00000101. The third-order valence-corrected chi connectivity index (χ3v) is 14.6. The number of terminal acetylenes is 1. The van der Waals surface area contributed by atoms with Gasteiger partial charge in [0, 0.05) is 61.7 Å². The fraction of sp³-hybridized carbons (Fsp3) is 0.400. The monoisotopic (exact) mass is 934 g/mol. The van der Waals surface area contributed by atoms with Crippen LogP contribution < -0.4 is 0 Å². The SMILES string of the molecule is C.C#CCC.CCC#Cc1ccc(C)c(C(=O)OCC[Si](C)(C)C)c1CSc1ccccc1.Cc1ccc(Br)c(CSc2ccccc2)c1C(=O)OCC[Si](C)(C)C.[3H]C. The lowest BCUT2D eigenvalue weighted by atomic mass is 9.97. The van der Waals surface area contributed by atoms with Gasteiger partial charge < -0.3 is 9.47 Å². The van der Waals surface area contributed by atoms with Crippen LogP contribution >= 0.6 is 39.5 Å². The molecule has 0 aliphatic carbocycles. The summed E-state index contributed by atoms with van der Waals surface area (Å²) in [5.74, 6) is 9.80. The minimum atomic E-state index is -1.24. The Kier molecular flexibility index (Phi) is 26.3. The number of esters is 2. The van der Waals surface area contributed by atoms with Crippen LogP contribution in [0.5, 0.6) is 0 Å². The fourth-order valence-corrected chi connectivity index (χ4v) is 9.06. The number of carbonyl (C=O) groups excluding carboxylic acids is 2. The topological polar surface area (TPSA) is 52.6 Å². The van der Waals surface area contributed by atoms with Gasteiger partial charge >= 0.3 is 11.9 Å². The second-order valence-electron chi connectivity index (χ2n) is 15.8. The number of thioether (sulfide) groups is 2. The second kappa shape index (κ2) is 28.9. The normalized spacial score (nSPS) is 10.5. The van der Waals surface area contributed by atoms with Crippen LogP contribution in [0, 0.1) is 38.0 Å². The van der Waals surface area contributed by atoms with Gasteiger partial charge in [0.2, 0.25) is 0 Å². The molecule has 0 unspecified atom stereocenters. The largest absolute Gasteiger partial charge is 0.462 e. The van der Waals surface area contributed by atoms with Gasteiger partial charge in [0.15, 0.2) is 0 Å². The van der Waals surface area contributed by atoms with E-state index < -0.39 is 16.1 Å². The van der Waals surface area contributed by atoms with Crippen molar-refractivity contribution in [2.75, 3.05) is 13.2 Å². The summed E-state index contributed by atoms with van der Waals surface area (Å²) in [6, 6.07) is 30.4. The summed E-state index contributed by atoms with van der Waals surface area (Å²) in [5.41, 5.74) is 6.21. The molecule has 0 saturated carbocycles. The van der Waals surface area contributed by atoms with Crippen LogP contribution in [0.3, 0.4) is 0 Å². The highest BCUT2D eigenvalue weighted by atomic mass is 79.9. The summed E-state index contributed by atoms with van der Waals surface area (Å²) in [5, 5.41) is 0. The van der Waals surface area contributed by atoms with Crippen molar-refractivity contribution < 1.29 is 20.4 Å². The molecule has 0 fully saturated rings. The Labute approximate surface area is 379 Å².